The summed E-state index contributed by atoms with van der Waals surface area (Å²) >= 11 is 0. The van der Waals surface area contributed by atoms with Gasteiger partial charge in [0.05, 0.1) is 5.56 Å². The van der Waals surface area contributed by atoms with E-state index < -0.39 is 0 Å². The van der Waals surface area contributed by atoms with E-state index in [4.69, 9.17) is 4.74 Å². The maximum atomic E-state index is 12.1. The number of phenols is 2. The van der Waals surface area contributed by atoms with Gasteiger partial charge >= 0.3 is 0 Å². The Kier molecular flexibility index (Phi) is 2.49. The van der Waals surface area contributed by atoms with Gasteiger partial charge in [0.2, 0.25) is 5.78 Å². The van der Waals surface area contributed by atoms with Crippen molar-refractivity contribution in [3.63, 3.8) is 0 Å². The van der Waals surface area contributed by atoms with Gasteiger partial charge in [-0.05, 0) is 35.9 Å². The summed E-state index contributed by atoms with van der Waals surface area (Å²) in [6.45, 7) is 0. The van der Waals surface area contributed by atoms with E-state index in [1.165, 1.54) is 24.3 Å². The number of fused-ring (bicyclic) bond motifs is 1. The van der Waals surface area contributed by atoms with Crippen LogP contribution in [0.5, 0.6) is 17.2 Å². The van der Waals surface area contributed by atoms with Crippen LogP contribution in [0.2, 0.25) is 0 Å². The predicted molar refractivity (Wildman–Crippen MR) is 69.1 cm³/mol. The molecule has 0 aromatic heterocycles. The van der Waals surface area contributed by atoms with Crippen molar-refractivity contribution in [2.75, 3.05) is 0 Å². The van der Waals surface area contributed by atoms with Crippen LogP contribution < -0.4 is 4.74 Å². The van der Waals surface area contributed by atoms with Crippen LogP contribution in [0.4, 0.5) is 0 Å². The minimum absolute atomic E-state index is 0.0464. The molecule has 4 heteroatoms. The fraction of sp³-hybridized carbons (Fsp3) is 0. The monoisotopic (exact) mass is 254 g/mol. The number of Topliss-reactive ketones (excluding diaryl/α,β-unsaturated/α-hetero) is 1. The van der Waals surface area contributed by atoms with E-state index in [0.717, 1.165) is 0 Å². The average molecular weight is 254 g/mol. The molecule has 0 radical (unpaired) electrons. The molecule has 0 aliphatic carbocycles. The first kappa shape index (κ1) is 11.3. The summed E-state index contributed by atoms with van der Waals surface area (Å²) in [5, 5.41) is 18.7. The van der Waals surface area contributed by atoms with Crippen LogP contribution in [0.25, 0.3) is 6.08 Å². The van der Waals surface area contributed by atoms with Gasteiger partial charge in [-0.3, -0.25) is 4.79 Å². The number of ketones is 1. The van der Waals surface area contributed by atoms with Crippen molar-refractivity contribution in [1.29, 1.82) is 0 Å². The lowest BCUT2D eigenvalue weighted by atomic mass is 10.1. The zero-order chi connectivity index (χ0) is 13.4. The average Bonchev–Trinajstić information content (AvgIpc) is 2.66. The fourth-order valence-corrected chi connectivity index (χ4v) is 1.94. The van der Waals surface area contributed by atoms with E-state index in [-0.39, 0.29) is 23.0 Å². The Bertz CT molecular complexity index is 701. The van der Waals surface area contributed by atoms with Crippen LogP contribution in [-0.4, -0.2) is 16.0 Å². The third-order valence-corrected chi connectivity index (χ3v) is 2.82. The molecule has 1 aliphatic heterocycles. The molecule has 1 aliphatic rings. The van der Waals surface area contributed by atoms with Crippen molar-refractivity contribution in [2.45, 2.75) is 0 Å². The molecule has 4 nitrogen and oxygen atoms in total. The second-order valence-electron chi connectivity index (χ2n) is 4.22. The van der Waals surface area contributed by atoms with Crippen molar-refractivity contribution in [1.82, 2.24) is 0 Å². The van der Waals surface area contributed by atoms with Gasteiger partial charge in [0.1, 0.15) is 17.2 Å². The predicted octanol–water partition coefficient (Wildman–Crippen LogP) is 2.71. The van der Waals surface area contributed by atoms with E-state index in [9.17, 15) is 15.0 Å². The first-order valence-corrected chi connectivity index (χ1v) is 5.70. The molecular weight excluding hydrogens is 244 g/mol. The molecule has 3 rings (SSSR count). The molecule has 0 bridgehead atoms. The number of ether oxygens (including phenoxy) is 1. The van der Waals surface area contributed by atoms with Crippen LogP contribution in [-0.2, 0) is 0 Å². The number of rotatable bonds is 1. The first-order valence-electron chi connectivity index (χ1n) is 5.70. The van der Waals surface area contributed by atoms with E-state index in [1.807, 2.05) is 0 Å². The van der Waals surface area contributed by atoms with E-state index in [0.29, 0.717) is 16.9 Å². The topological polar surface area (TPSA) is 66.8 Å². The lowest BCUT2D eigenvalue weighted by molar-refractivity contribution is 0.101. The highest BCUT2D eigenvalue weighted by Gasteiger charge is 2.27. The standard InChI is InChI=1S/C15H10O4/c16-10-3-1-2-9(6-10)7-14-15(18)12-5-4-11(17)8-13(12)19-14/h1-8,16-17H. The SMILES string of the molecule is O=C1C(=Cc2cccc(O)c2)Oc2cc(O)ccc21. The number of carbonyl (C=O) groups is 1. The van der Waals surface area contributed by atoms with Crippen LogP contribution in [0.1, 0.15) is 15.9 Å². The van der Waals surface area contributed by atoms with Crippen molar-refractivity contribution in [2.24, 2.45) is 0 Å². The summed E-state index contributed by atoms with van der Waals surface area (Å²) in [5.41, 5.74) is 1.09. The fourth-order valence-electron chi connectivity index (χ4n) is 1.94. The lowest BCUT2D eigenvalue weighted by Gasteiger charge is -1.99. The highest BCUT2D eigenvalue weighted by Crippen LogP contribution is 2.34. The largest absolute Gasteiger partial charge is 0.508 e. The zero-order valence-corrected chi connectivity index (χ0v) is 9.83. The Balaban J connectivity index is 1.99. The van der Waals surface area contributed by atoms with Gasteiger partial charge in [-0.2, -0.15) is 0 Å². The quantitative estimate of drug-likeness (QED) is 0.768. The molecule has 0 unspecified atom stereocenters. The minimum atomic E-state index is -0.238. The van der Waals surface area contributed by atoms with Crippen molar-refractivity contribution >= 4 is 11.9 Å². The Hall–Kier alpha value is -2.75. The molecular formula is C15H10O4. The number of carbonyl (C=O) groups excluding carboxylic acids is 1. The molecule has 94 valence electrons. The van der Waals surface area contributed by atoms with Crippen molar-refractivity contribution in [3.8, 4) is 17.2 Å². The number of benzene rings is 2. The smallest absolute Gasteiger partial charge is 0.231 e. The number of allylic oxidation sites excluding steroid dienone is 1. The van der Waals surface area contributed by atoms with E-state index in [2.05, 4.69) is 0 Å². The lowest BCUT2D eigenvalue weighted by Crippen LogP contribution is -1.97. The molecule has 19 heavy (non-hydrogen) atoms. The van der Waals surface area contributed by atoms with Crippen LogP contribution >= 0.6 is 0 Å². The molecule has 2 aromatic rings. The van der Waals surface area contributed by atoms with Gasteiger partial charge in [-0.25, -0.2) is 0 Å². The second-order valence-corrected chi connectivity index (χ2v) is 4.22. The first-order chi connectivity index (χ1) is 9.13. The number of hydrogen-bond acceptors (Lipinski definition) is 4. The molecule has 2 aromatic carbocycles. The summed E-state index contributed by atoms with van der Waals surface area (Å²) in [6, 6.07) is 10.9. The van der Waals surface area contributed by atoms with Gasteiger partial charge in [-0.15, -0.1) is 0 Å². The highest BCUT2D eigenvalue weighted by atomic mass is 16.5. The summed E-state index contributed by atoms with van der Waals surface area (Å²) in [4.78, 5) is 12.1. The maximum absolute atomic E-state index is 12.1. The van der Waals surface area contributed by atoms with Crippen molar-refractivity contribution in [3.05, 3.63) is 59.4 Å². The molecule has 0 amide bonds. The molecule has 0 saturated heterocycles. The number of hydrogen-bond donors (Lipinski definition) is 2. The van der Waals surface area contributed by atoms with Gasteiger partial charge < -0.3 is 14.9 Å². The van der Waals surface area contributed by atoms with E-state index >= 15 is 0 Å². The van der Waals surface area contributed by atoms with Gasteiger partial charge in [0, 0.05) is 6.07 Å². The minimum Gasteiger partial charge on any atom is -0.508 e. The highest BCUT2D eigenvalue weighted by molar-refractivity contribution is 6.14. The Morgan fingerprint density at radius 2 is 1.79 bits per heavy atom. The van der Waals surface area contributed by atoms with Crippen LogP contribution in [0, 0.1) is 0 Å². The van der Waals surface area contributed by atoms with Gasteiger partial charge in [-0.1, -0.05) is 12.1 Å². The summed E-state index contributed by atoms with van der Waals surface area (Å²) < 4.78 is 5.41. The summed E-state index contributed by atoms with van der Waals surface area (Å²) in [7, 11) is 0. The van der Waals surface area contributed by atoms with Gasteiger partial charge in [0.25, 0.3) is 0 Å². The third-order valence-electron chi connectivity index (χ3n) is 2.82. The number of aromatic hydroxyl groups is 2. The normalized spacial score (nSPS) is 15.4. The molecule has 2 N–H and O–H groups in total. The second kappa shape index (κ2) is 4.17. The zero-order valence-electron chi connectivity index (χ0n) is 9.83. The third kappa shape index (κ3) is 2.04. The summed E-state index contributed by atoms with van der Waals surface area (Å²) in [5.74, 6) is 0.445. The Morgan fingerprint density at radius 3 is 2.58 bits per heavy atom. The Labute approximate surface area is 109 Å². The molecule has 0 atom stereocenters. The molecule has 1 heterocycles. The maximum Gasteiger partial charge on any atom is 0.231 e. The van der Waals surface area contributed by atoms with Crippen molar-refractivity contribution < 1.29 is 19.7 Å². The molecule has 0 fully saturated rings. The number of phenolic OH excluding ortho intramolecular Hbond substituents is 2. The van der Waals surface area contributed by atoms with Crippen LogP contribution in [0.3, 0.4) is 0 Å². The van der Waals surface area contributed by atoms with Crippen LogP contribution in [0.15, 0.2) is 48.2 Å². The van der Waals surface area contributed by atoms with Gasteiger partial charge in [0.15, 0.2) is 5.76 Å². The van der Waals surface area contributed by atoms with E-state index in [1.54, 1.807) is 24.3 Å². The Morgan fingerprint density at radius 1 is 1.00 bits per heavy atom. The molecule has 0 spiro atoms. The molecule has 0 saturated carbocycles. The summed E-state index contributed by atoms with van der Waals surface area (Å²) in [6.07, 6.45) is 1.55.